The van der Waals surface area contributed by atoms with E-state index in [0.29, 0.717) is 36.1 Å². The minimum atomic E-state index is -1.17. The van der Waals surface area contributed by atoms with Crippen LogP contribution in [0.3, 0.4) is 0 Å². The van der Waals surface area contributed by atoms with Crippen LogP contribution in [0.1, 0.15) is 18.4 Å². The quantitative estimate of drug-likeness (QED) is 0.561. The number of halogens is 2. The van der Waals surface area contributed by atoms with E-state index in [1.165, 1.54) is 0 Å². The molecule has 0 saturated carbocycles. The predicted octanol–water partition coefficient (Wildman–Crippen LogP) is 3.68. The van der Waals surface area contributed by atoms with Crippen LogP contribution in [0.15, 0.2) is 48.7 Å². The predicted molar refractivity (Wildman–Crippen MR) is 123 cm³/mol. The van der Waals surface area contributed by atoms with E-state index in [0.717, 1.165) is 16.3 Å². The van der Waals surface area contributed by atoms with Gasteiger partial charge in [0.25, 0.3) is 0 Å². The van der Waals surface area contributed by atoms with Crippen molar-refractivity contribution in [1.82, 2.24) is 15.5 Å². The fourth-order valence-corrected chi connectivity index (χ4v) is 4.11. The maximum absolute atomic E-state index is 11.1. The largest absolute Gasteiger partial charge is 0.495 e. The molecule has 9 heteroatoms. The summed E-state index contributed by atoms with van der Waals surface area (Å²) in [6.07, 6.45) is 2.40. The molecule has 31 heavy (non-hydrogen) atoms. The first-order valence-electron chi connectivity index (χ1n) is 9.69. The molecule has 2 N–H and O–H groups in total. The van der Waals surface area contributed by atoms with Crippen LogP contribution in [0.5, 0.6) is 5.75 Å². The normalized spacial score (nSPS) is 20.7. The molecule has 0 amide bonds. The van der Waals surface area contributed by atoms with Crippen molar-refractivity contribution in [3.63, 3.8) is 0 Å². The summed E-state index contributed by atoms with van der Waals surface area (Å²) < 4.78 is 5.17. The summed E-state index contributed by atoms with van der Waals surface area (Å²) in [4.78, 5) is 1.93. The Labute approximate surface area is 192 Å². The van der Waals surface area contributed by atoms with Crippen LogP contribution in [0.25, 0.3) is 10.8 Å². The molecular weight excluding hydrogens is 437 g/mol. The zero-order chi connectivity index (χ0) is 21.1. The number of ether oxygens (including phenoxy) is 1. The summed E-state index contributed by atoms with van der Waals surface area (Å²) in [7, 11) is 1.57. The Hall–Kier alpha value is -2.63. The van der Waals surface area contributed by atoms with Crippen LogP contribution in [-0.2, 0) is 6.54 Å². The Balaban J connectivity index is 0.00000272. The van der Waals surface area contributed by atoms with Gasteiger partial charge in [0.2, 0.25) is 0 Å². The van der Waals surface area contributed by atoms with Crippen LogP contribution in [0, 0.1) is 11.3 Å². The first-order valence-corrected chi connectivity index (χ1v) is 10.1. The summed E-state index contributed by atoms with van der Waals surface area (Å²) >= 11 is 6.19. The zero-order valence-electron chi connectivity index (χ0n) is 17.0. The van der Waals surface area contributed by atoms with Crippen LogP contribution in [-0.4, -0.2) is 40.7 Å². The number of aromatic nitrogens is 2. The summed E-state index contributed by atoms with van der Waals surface area (Å²) in [5.41, 5.74) is -0.244. The average Bonchev–Trinajstić information content (AvgIpc) is 2.77. The average molecular weight is 460 g/mol. The maximum atomic E-state index is 11.1. The number of benzene rings is 2. The monoisotopic (exact) mass is 459 g/mol. The Morgan fingerprint density at radius 2 is 2.16 bits per heavy atom. The molecule has 2 heterocycles. The lowest BCUT2D eigenvalue weighted by atomic mass is 9.93. The van der Waals surface area contributed by atoms with Crippen molar-refractivity contribution in [2.75, 3.05) is 18.6 Å². The van der Waals surface area contributed by atoms with Crippen molar-refractivity contribution in [2.45, 2.75) is 31.2 Å². The molecule has 2 aromatic carbocycles. The molecule has 1 saturated heterocycles. The molecule has 7 nitrogen and oxygen atoms in total. The van der Waals surface area contributed by atoms with E-state index in [-0.39, 0.29) is 18.8 Å². The van der Waals surface area contributed by atoms with E-state index in [2.05, 4.69) is 21.6 Å². The van der Waals surface area contributed by atoms with Gasteiger partial charge < -0.3 is 14.7 Å². The fraction of sp³-hybridized carbons (Fsp3) is 0.318. The number of rotatable bonds is 5. The minimum absolute atomic E-state index is 0. The second-order valence-electron chi connectivity index (χ2n) is 7.40. The van der Waals surface area contributed by atoms with Gasteiger partial charge in [0.15, 0.2) is 5.82 Å². The van der Waals surface area contributed by atoms with Gasteiger partial charge in [-0.05, 0) is 17.7 Å². The van der Waals surface area contributed by atoms with Gasteiger partial charge in [0.1, 0.15) is 17.5 Å². The highest BCUT2D eigenvalue weighted by atomic mass is 35.5. The highest BCUT2D eigenvalue weighted by molar-refractivity contribution is 6.32. The summed E-state index contributed by atoms with van der Waals surface area (Å²) in [6.45, 7) is 0.903. The zero-order valence-corrected chi connectivity index (χ0v) is 18.5. The summed E-state index contributed by atoms with van der Waals surface area (Å²) in [6, 6.07) is 15.1. The van der Waals surface area contributed by atoms with Gasteiger partial charge in [-0.2, -0.15) is 10.4 Å². The summed E-state index contributed by atoms with van der Waals surface area (Å²) in [5, 5.41) is 34.9. The van der Waals surface area contributed by atoms with Gasteiger partial charge in [0.05, 0.1) is 24.4 Å². The lowest BCUT2D eigenvalue weighted by Gasteiger charge is -2.42. The Morgan fingerprint density at radius 3 is 2.90 bits per heavy atom. The number of anilines is 1. The number of piperidine rings is 1. The third-order valence-electron chi connectivity index (χ3n) is 5.48. The number of hydrogen-bond donors (Lipinski definition) is 2. The molecular formula is C22H23Cl2N5O2. The third-order valence-corrected chi connectivity index (χ3v) is 5.78. The van der Waals surface area contributed by atoms with Gasteiger partial charge >= 0.3 is 0 Å². The van der Waals surface area contributed by atoms with Crippen LogP contribution in [0.4, 0.5) is 5.82 Å². The molecule has 2 atom stereocenters. The smallest absolute Gasteiger partial charge is 0.160 e. The molecule has 1 fully saturated rings. The van der Waals surface area contributed by atoms with Gasteiger partial charge in [-0.1, -0.05) is 41.9 Å². The van der Waals surface area contributed by atoms with Crippen molar-refractivity contribution in [3.05, 3.63) is 59.2 Å². The van der Waals surface area contributed by atoms with Gasteiger partial charge in [-0.3, -0.25) is 5.32 Å². The van der Waals surface area contributed by atoms with Crippen molar-refractivity contribution in [2.24, 2.45) is 0 Å². The van der Waals surface area contributed by atoms with Crippen LogP contribution in [0.2, 0.25) is 5.02 Å². The van der Waals surface area contributed by atoms with E-state index < -0.39 is 11.8 Å². The van der Waals surface area contributed by atoms with Crippen molar-refractivity contribution in [1.29, 1.82) is 5.26 Å². The van der Waals surface area contributed by atoms with Crippen LogP contribution < -0.4 is 15.0 Å². The molecule has 1 aliphatic rings. The molecule has 0 bridgehead atoms. The minimum Gasteiger partial charge on any atom is -0.495 e. The highest BCUT2D eigenvalue weighted by Gasteiger charge is 2.39. The molecule has 0 aliphatic carbocycles. The Bertz CT molecular complexity index is 1100. The van der Waals surface area contributed by atoms with Crippen molar-refractivity contribution >= 4 is 40.6 Å². The number of hydrogen-bond acceptors (Lipinski definition) is 7. The summed E-state index contributed by atoms with van der Waals surface area (Å²) in [5.74, 6) is 1.27. The second-order valence-corrected chi connectivity index (χ2v) is 7.81. The van der Waals surface area contributed by atoms with E-state index in [1.54, 1.807) is 25.4 Å². The molecule has 1 aliphatic heterocycles. The lowest BCUT2D eigenvalue weighted by Crippen LogP contribution is -2.57. The SMILES string of the molecule is COc1ccc(CNC2(O)CCN(c3nncc4ccccc34)C(C#N)C2)cc1Cl.Cl. The number of fused-ring (bicyclic) bond motifs is 1. The van der Waals surface area contributed by atoms with Crippen LogP contribution >= 0.6 is 24.0 Å². The highest BCUT2D eigenvalue weighted by Crippen LogP contribution is 2.32. The van der Waals surface area contributed by atoms with E-state index in [9.17, 15) is 10.4 Å². The molecule has 4 rings (SSSR count). The van der Waals surface area contributed by atoms with Gasteiger partial charge in [-0.25, -0.2) is 0 Å². The first kappa shape index (κ1) is 23.0. The van der Waals surface area contributed by atoms with E-state index in [1.807, 2.05) is 35.2 Å². The fourth-order valence-electron chi connectivity index (χ4n) is 3.83. The van der Waals surface area contributed by atoms with E-state index in [4.69, 9.17) is 16.3 Å². The number of methoxy groups -OCH3 is 1. The molecule has 0 radical (unpaired) electrons. The number of nitrogens with zero attached hydrogens (tertiary/aromatic N) is 4. The molecule has 0 spiro atoms. The number of aliphatic hydroxyl groups is 1. The lowest BCUT2D eigenvalue weighted by molar-refractivity contribution is -0.0247. The molecule has 1 aromatic heterocycles. The van der Waals surface area contributed by atoms with Crippen molar-refractivity contribution < 1.29 is 9.84 Å². The topological polar surface area (TPSA) is 94.3 Å². The van der Waals surface area contributed by atoms with Gasteiger partial charge in [0, 0.05) is 36.7 Å². The molecule has 3 aromatic rings. The van der Waals surface area contributed by atoms with Gasteiger partial charge in [-0.15, -0.1) is 17.5 Å². The first-order chi connectivity index (χ1) is 14.5. The standard InChI is InChI=1S/C22H22ClN5O2.ClH/c1-30-20-7-6-15(10-19(20)23)13-25-22(29)8-9-28(17(11-22)12-24)21-18-5-3-2-4-16(18)14-26-27-21;/h2-7,10,14,17,25,29H,8-9,11,13H2,1H3;1H. The number of nitriles is 1. The maximum Gasteiger partial charge on any atom is 0.160 e. The second kappa shape index (κ2) is 9.67. The van der Waals surface area contributed by atoms with E-state index >= 15 is 0 Å². The number of nitrogens with one attached hydrogen (secondary N) is 1. The molecule has 162 valence electrons. The third kappa shape index (κ3) is 4.83. The Kier molecular flexibility index (Phi) is 7.19. The molecule has 2 unspecified atom stereocenters. The van der Waals surface area contributed by atoms with Crippen molar-refractivity contribution in [3.8, 4) is 11.8 Å². The Morgan fingerprint density at radius 1 is 1.35 bits per heavy atom.